The number of carbonyl (C=O) groups is 1. The summed E-state index contributed by atoms with van der Waals surface area (Å²) in [7, 11) is -0.842. The van der Waals surface area contributed by atoms with E-state index in [1.807, 2.05) is 42.2 Å². The van der Waals surface area contributed by atoms with E-state index >= 15 is 0 Å². The van der Waals surface area contributed by atoms with Crippen LogP contribution in [0.1, 0.15) is 33.6 Å². The normalized spacial score (nSPS) is 14.6. The van der Waals surface area contributed by atoms with Gasteiger partial charge in [-0.3, -0.25) is 9.10 Å². The highest BCUT2D eigenvalue weighted by molar-refractivity contribution is 7.93. The number of anilines is 1. The van der Waals surface area contributed by atoms with E-state index < -0.39 is 10.0 Å². The van der Waals surface area contributed by atoms with Gasteiger partial charge in [-0.05, 0) is 85.0 Å². The number of carbonyl (C=O) groups excluding carboxylic acids is 1. The molecular weight excluding hydrogens is 516 g/mol. The van der Waals surface area contributed by atoms with Gasteiger partial charge in [0.1, 0.15) is 10.6 Å². The standard InChI is InChI=1S/C30H32N2O4S2/c1-21-9-11-26(36-3)29(17-21)38(34,35)31(2)25-10-12-27-24(19-25)20-28(37-27)30(33)32-15-13-23(14-16-32)18-22-7-5-4-6-8-22/h4-12,17,19-20,23H,13-16,18H2,1-3H3. The van der Waals surface area contributed by atoms with E-state index in [-0.39, 0.29) is 10.8 Å². The Bertz CT molecular complexity index is 1560. The van der Waals surface area contributed by atoms with Crippen molar-refractivity contribution in [2.75, 3.05) is 31.6 Å². The fourth-order valence-corrected chi connectivity index (χ4v) is 7.48. The van der Waals surface area contributed by atoms with Crippen LogP contribution in [0.25, 0.3) is 10.1 Å². The smallest absolute Gasteiger partial charge is 0.267 e. The Balaban J connectivity index is 1.31. The molecule has 0 N–H and O–H groups in total. The first-order chi connectivity index (χ1) is 18.3. The Labute approximate surface area is 228 Å². The minimum absolute atomic E-state index is 0.0522. The zero-order valence-corrected chi connectivity index (χ0v) is 23.5. The van der Waals surface area contributed by atoms with Crippen molar-refractivity contribution in [1.82, 2.24) is 4.90 Å². The van der Waals surface area contributed by atoms with Crippen molar-refractivity contribution in [3.8, 4) is 5.75 Å². The molecular formula is C30H32N2O4S2. The predicted molar refractivity (Wildman–Crippen MR) is 154 cm³/mol. The summed E-state index contributed by atoms with van der Waals surface area (Å²) in [5.74, 6) is 0.951. The molecule has 1 fully saturated rings. The summed E-state index contributed by atoms with van der Waals surface area (Å²) in [5, 5.41) is 0.855. The Morgan fingerprint density at radius 2 is 1.76 bits per heavy atom. The molecule has 1 aliphatic heterocycles. The van der Waals surface area contributed by atoms with Crippen molar-refractivity contribution < 1.29 is 17.9 Å². The van der Waals surface area contributed by atoms with Crippen LogP contribution in [0.15, 0.2) is 77.7 Å². The van der Waals surface area contributed by atoms with Gasteiger partial charge >= 0.3 is 0 Å². The van der Waals surface area contributed by atoms with E-state index in [1.165, 1.54) is 35.4 Å². The Hall–Kier alpha value is -3.36. The van der Waals surface area contributed by atoms with Crippen LogP contribution in [0.2, 0.25) is 0 Å². The van der Waals surface area contributed by atoms with Crippen LogP contribution in [-0.2, 0) is 16.4 Å². The zero-order valence-electron chi connectivity index (χ0n) is 21.9. The Morgan fingerprint density at radius 3 is 2.47 bits per heavy atom. The van der Waals surface area contributed by atoms with Gasteiger partial charge in [0.15, 0.2) is 0 Å². The van der Waals surface area contributed by atoms with Crippen molar-refractivity contribution in [3.63, 3.8) is 0 Å². The number of sulfonamides is 1. The highest BCUT2D eigenvalue weighted by atomic mass is 32.2. The molecule has 1 saturated heterocycles. The maximum absolute atomic E-state index is 13.5. The largest absolute Gasteiger partial charge is 0.495 e. The molecule has 198 valence electrons. The molecule has 2 heterocycles. The number of piperidine rings is 1. The van der Waals surface area contributed by atoms with Gasteiger partial charge in [0.05, 0.1) is 17.7 Å². The van der Waals surface area contributed by atoms with Crippen LogP contribution in [-0.4, -0.2) is 46.5 Å². The minimum Gasteiger partial charge on any atom is -0.495 e. The van der Waals surface area contributed by atoms with Crippen molar-refractivity contribution >= 4 is 43.0 Å². The molecule has 0 bridgehead atoms. The predicted octanol–water partition coefficient (Wildman–Crippen LogP) is 6.14. The van der Waals surface area contributed by atoms with Gasteiger partial charge in [0, 0.05) is 24.8 Å². The highest BCUT2D eigenvalue weighted by Gasteiger charge is 2.27. The SMILES string of the molecule is COc1ccc(C)cc1S(=O)(=O)N(C)c1ccc2sc(C(=O)N3CCC(Cc4ccccc4)CC3)cc2c1. The van der Waals surface area contributed by atoms with Crippen LogP contribution in [0.3, 0.4) is 0 Å². The van der Waals surface area contributed by atoms with Gasteiger partial charge < -0.3 is 9.64 Å². The number of amides is 1. The van der Waals surface area contributed by atoms with Crippen molar-refractivity contribution in [1.29, 1.82) is 0 Å². The van der Waals surface area contributed by atoms with Gasteiger partial charge in [-0.25, -0.2) is 8.42 Å². The maximum atomic E-state index is 13.5. The average molecular weight is 549 g/mol. The fraction of sp³-hybridized carbons (Fsp3) is 0.300. The maximum Gasteiger partial charge on any atom is 0.267 e. The lowest BCUT2D eigenvalue weighted by atomic mass is 9.90. The van der Waals surface area contributed by atoms with E-state index in [9.17, 15) is 13.2 Å². The summed E-state index contributed by atoms with van der Waals surface area (Å²) in [6, 6.07) is 23.0. The number of methoxy groups -OCH3 is 1. The summed E-state index contributed by atoms with van der Waals surface area (Å²) in [6.45, 7) is 3.37. The van der Waals surface area contributed by atoms with Gasteiger partial charge in [-0.2, -0.15) is 0 Å². The molecule has 1 aliphatic rings. The van der Waals surface area contributed by atoms with Crippen LogP contribution >= 0.6 is 11.3 Å². The summed E-state index contributed by atoms with van der Waals surface area (Å²) < 4.78 is 34.4. The molecule has 38 heavy (non-hydrogen) atoms. The number of fused-ring (bicyclic) bond motifs is 1. The number of hydrogen-bond acceptors (Lipinski definition) is 5. The van der Waals surface area contributed by atoms with Crippen molar-refractivity contribution in [3.05, 3.63) is 88.8 Å². The highest BCUT2D eigenvalue weighted by Crippen LogP contribution is 2.34. The second kappa shape index (κ2) is 10.8. The van der Waals surface area contributed by atoms with Crippen LogP contribution in [0, 0.1) is 12.8 Å². The number of aryl methyl sites for hydroxylation is 1. The summed E-state index contributed by atoms with van der Waals surface area (Å²) in [5.41, 5.74) is 2.71. The molecule has 0 unspecified atom stereocenters. The summed E-state index contributed by atoms with van der Waals surface area (Å²) in [4.78, 5) is 16.1. The molecule has 3 aromatic carbocycles. The van der Waals surface area contributed by atoms with E-state index in [0.29, 0.717) is 22.2 Å². The van der Waals surface area contributed by atoms with Crippen LogP contribution < -0.4 is 9.04 Å². The molecule has 0 atom stereocenters. The van der Waals surface area contributed by atoms with Crippen molar-refractivity contribution in [2.45, 2.75) is 31.1 Å². The van der Waals surface area contributed by atoms with Crippen molar-refractivity contribution in [2.24, 2.45) is 5.92 Å². The molecule has 0 aliphatic carbocycles. The monoisotopic (exact) mass is 548 g/mol. The third kappa shape index (κ3) is 5.28. The zero-order chi connectivity index (χ0) is 26.9. The first kappa shape index (κ1) is 26.3. The average Bonchev–Trinajstić information content (AvgIpc) is 3.37. The first-order valence-corrected chi connectivity index (χ1v) is 15.0. The lowest BCUT2D eigenvalue weighted by Gasteiger charge is -2.31. The second-order valence-corrected chi connectivity index (χ2v) is 12.9. The number of ether oxygens (including phenoxy) is 1. The van der Waals surface area contributed by atoms with E-state index in [2.05, 4.69) is 24.3 Å². The first-order valence-electron chi connectivity index (χ1n) is 12.8. The lowest BCUT2D eigenvalue weighted by Crippen LogP contribution is -2.38. The molecule has 6 nitrogen and oxygen atoms in total. The third-order valence-corrected chi connectivity index (χ3v) is 10.2. The minimum atomic E-state index is -3.84. The third-order valence-electron chi connectivity index (χ3n) is 7.30. The Kier molecular flexibility index (Phi) is 7.45. The van der Waals surface area contributed by atoms with E-state index in [1.54, 1.807) is 18.2 Å². The molecule has 1 amide bonds. The van der Waals surface area contributed by atoms with Crippen LogP contribution in [0.4, 0.5) is 5.69 Å². The van der Waals surface area contributed by atoms with Gasteiger partial charge in [-0.15, -0.1) is 11.3 Å². The van der Waals surface area contributed by atoms with E-state index in [0.717, 1.165) is 48.0 Å². The fourth-order valence-electron chi connectivity index (χ4n) is 5.05. The number of hydrogen-bond donors (Lipinski definition) is 0. The number of benzene rings is 3. The van der Waals surface area contributed by atoms with Gasteiger partial charge in [-0.1, -0.05) is 36.4 Å². The Morgan fingerprint density at radius 1 is 1.03 bits per heavy atom. The molecule has 0 saturated carbocycles. The number of likely N-dealkylation sites (tertiary alicyclic amines) is 1. The molecule has 5 rings (SSSR count). The quantitative estimate of drug-likeness (QED) is 0.278. The molecule has 0 radical (unpaired) electrons. The molecule has 4 aromatic rings. The number of nitrogens with zero attached hydrogens (tertiary/aromatic N) is 2. The number of thiophene rings is 1. The molecule has 8 heteroatoms. The van der Waals surface area contributed by atoms with Gasteiger partial charge in [0.2, 0.25) is 0 Å². The second-order valence-electron chi connectivity index (χ2n) is 9.88. The summed E-state index contributed by atoms with van der Waals surface area (Å²) in [6.07, 6.45) is 3.06. The molecule has 1 aromatic heterocycles. The topological polar surface area (TPSA) is 66.9 Å². The van der Waals surface area contributed by atoms with E-state index in [4.69, 9.17) is 4.74 Å². The summed E-state index contributed by atoms with van der Waals surface area (Å²) >= 11 is 1.46. The lowest BCUT2D eigenvalue weighted by molar-refractivity contribution is 0.0695. The van der Waals surface area contributed by atoms with Crippen LogP contribution in [0.5, 0.6) is 5.75 Å². The van der Waals surface area contributed by atoms with Gasteiger partial charge in [0.25, 0.3) is 15.9 Å². The molecule has 0 spiro atoms. The number of rotatable bonds is 7.